The molecule has 3 atom stereocenters. The third-order valence-electron chi connectivity index (χ3n) is 5.32. The van der Waals surface area contributed by atoms with Crippen molar-refractivity contribution < 1.29 is 8.78 Å². The number of hydrogen-bond acceptors (Lipinski definition) is 5. The summed E-state index contributed by atoms with van der Waals surface area (Å²) in [4.78, 5) is 16.7. The predicted octanol–water partition coefficient (Wildman–Crippen LogP) is 1.75. The van der Waals surface area contributed by atoms with Gasteiger partial charge in [0.25, 0.3) is 5.56 Å². The second kappa shape index (κ2) is 6.08. The van der Waals surface area contributed by atoms with Crippen LogP contribution >= 0.6 is 0 Å². The number of H-pyrrole nitrogens is 1. The first kappa shape index (κ1) is 16.8. The van der Waals surface area contributed by atoms with Crippen LogP contribution in [0.1, 0.15) is 40.2 Å². The molecular weight excluding hydrogens is 366 g/mol. The molecule has 1 aromatic carbocycles. The fraction of sp³-hybridized carbons (Fsp3) is 0.263. The summed E-state index contributed by atoms with van der Waals surface area (Å²) in [5.74, 6) is -0.123. The van der Waals surface area contributed by atoms with Crippen LogP contribution in [0, 0.1) is 5.82 Å². The topological polar surface area (TPSA) is 88.5 Å². The molecule has 0 saturated heterocycles. The molecule has 2 N–H and O–H groups in total. The van der Waals surface area contributed by atoms with Crippen molar-refractivity contribution in [2.24, 2.45) is 7.05 Å². The maximum atomic E-state index is 14.3. The van der Waals surface area contributed by atoms with Crippen molar-refractivity contribution in [3.8, 4) is 0 Å². The van der Waals surface area contributed by atoms with E-state index in [0.717, 1.165) is 5.56 Å². The number of hydrogen-bond donors (Lipinski definition) is 2. The standard InChI is InChI=1S/C19H16F2N6O/c1-27-18(22-8-23-27)15-16(9-2-4-10(20)5-3-9)24-13-7-11(21)6-12-14(13)17(15)25-26-19(12)28/h2-5,7-8,11,15-16,24H,6H2,1H3,(H,26,28). The maximum Gasteiger partial charge on any atom is 0.268 e. The quantitative estimate of drug-likeness (QED) is 0.705. The van der Waals surface area contributed by atoms with Crippen molar-refractivity contribution in [1.82, 2.24) is 30.3 Å². The lowest BCUT2D eigenvalue weighted by Gasteiger charge is -2.37. The van der Waals surface area contributed by atoms with Crippen molar-refractivity contribution in [3.05, 3.63) is 81.0 Å². The van der Waals surface area contributed by atoms with E-state index >= 15 is 0 Å². The van der Waals surface area contributed by atoms with Gasteiger partial charge in [0, 0.05) is 30.3 Å². The van der Waals surface area contributed by atoms with Crippen LogP contribution in [0.2, 0.25) is 0 Å². The van der Waals surface area contributed by atoms with Gasteiger partial charge in [-0.2, -0.15) is 10.2 Å². The number of allylic oxidation sites excluding steroid dienone is 1. The third-order valence-corrected chi connectivity index (χ3v) is 5.32. The Morgan fingerprint density at radius 2 is 2.04 bits per heavy atom. The monoisotopic (exact) mass is 382 g/mol. The summed E-state index contributed by atoms with van der Waals surface area (Å²) < 4.78 is 29.4. The summed E-state index contributed by atoms with van der Waals surface area (Å²) in [6.45, 7) is 0. The van der Waals surface area contributed by atoms with Gasteiger partial charge in [-0.05, 0) is 23.8 Å². The van der Waals surface area contributed by atoms with E-state index in [4.69, 9.17) is 0 Å². The van der Waals surface area contributed by atoms with E-state index in [0.29, 0.717) is 28.3 Å². The Kier molecular flexibility index (Phi) is 3.65. The fourth-order valence-corrected chi connectivity index (χ4v) is 4.07. The Bertz CT molecular complexity index is 1150. The van der Waals surface area contributed by atoms with Gasteiger partial charge in [0.1, 0.15) is 24.1 Å². The van der Waals surface area contributed by atoms with Crippen LogP contribution in [0.5, 0.6) is 0 Å². The van der Waals surface area contributed by atoms with Crippen LogP contribution in [-0.4, -0.2) is 31.1 Å². The zero-order chi connectivity index (χ0) is 19.4. The number of aryl methyl sites for hydroxylation is 1. The molecule has 142 valence electrons. The SMILES string of the molecule is Cn1ncnc1C1c2n[nH]c(=O)c3c2C(=CC(F)C3)NC1c1ccc(F)cc1. The third kappa shape index (κ3) is 2.46. The van der Waals surface area contributed by atoms with Crippen molar-refractivity contribution in [1.29, 1.82) is 0 Å². The lowest BCUT2D eigenvalue weighted by molar-refractivity contribution is 0.387. The first-order valence-corrected chi connectivity index (χ1v) is 8.86. The van der Waals surface area contributed by atoms with E-state index in [1.807, 2.05) is 0 Å². The van der Waals surface area contributed by atoms with Crippen LogP contribution < -0.4 is 10.9 Å². The molecule has 0 amide bonds. The van der Waals surface area contributed by atoms with E-state index in [1.54, 1.807) is 23.9 Å². The molecule has 0 fully saturated rings. The summed E-state index contributed by atoms with van der Waals surface area (Å²) in [6, 6.07) is 5.70. The molecule has 0 saturated carbocycles. The average molecular weight is 382 g/mol. The highest BCUT2D eigenvalue weighted by Crippen LogP contribution is 2.44. The van der Waals surface area contributed by atoms with Gasteiger partial charge < -0.3 is 5.32 Å². The van der Waals surface area contributed by atoms with Crippen LogP contribution in [0.15, 0.2) is 41.5 Å². The molecule has 9 heteroatoms. The molecule has 5 rings (SSSR count). The van der Waals surface area contributed by atoms with E-state index < -0.39 is 17.6 Å². The smallest absolute Gasteiger partial charge is 0.268 e. The van der Waals surface area contributed by atoms with Gasteiger partial charge in [-0.1, -0.05) is 12.1 Å². The van der Waals surface area contributed by atoms with Gasteiger partial charge in [0.05, 0.1) is 17.7 Å². The zero-order valence-corrected chi connectivity index (χ0v) is 14.9. The van der Waals surface area contributed by atoms with Gasteiger partial charge in [-0.25, -0.2) is 18.9 Å². The molecule has 2 aromatic heterocycles. The molecule has 3 unspecified atom stereocenters. The molecule has 3 aromatic rings. The number of aromatic nitrogens is 5. The highest BCUT2D eigenvalue weighted by Gasteiger charge is 2.41. The number of halogens is 2. The Morgan fingerprint density at radius 3 is 2.75 bits per heavy atom. The Hall–Kier alpha value is -3.36. The van der Waals surface area contributed by atoms with Crippen molar-refractivity contribution in [3.63, 3.8) is 0 Å². The molecular formula is C19H16F2N6O. The number of nitrogens with zero attached hydrogens (tertiary/aromatic N) is 4. The first-order chi connectivity index (χ1) is 13.5. The van der Waals surface area contributed by atoms with E-state index in [9.17, 15) is 13.6 Å². The zero-order valence-electron chi connectivity index (χ0n) is 14.9. The van der Waals surface area contributed by atoms with Crippen molar-refractivity contribution in [2.45, 2.75) is 24.6 Å². The molecule has 0 bridgehead atoms. The highest BCUT2D eigenvalue weighted by atomic mass is 19.1. The van der Waals surface area contributed by atoms with Crippen LogP contribution in [0.3, 0.4) is 0 Å². The first-order valence-electron chi connectivity index (χ1n) is 8.86. The van der Waals surface area contributed by atoms with Crippen molar-refractivity contribution >= 4 is 5.70 Å². The fourth-order valence-electron chi connectivity index (χ4n) is 4.07. The Labute approximate surface area is 158 Å². The van der Waals surface area contributed by atoms with E-state index in [1.165, 1.54) is 24.5 Å². The normalized spacial score (nSPS) is 23.0. The van der Waals surface area contributed by atoms with E-state index in [-0.39, 0.29) is 18.3 Å². The summed E-state index contributed by atoms with van der Waals surface area (Å²) >= 11 is 0. The molecule has 1 aliphatic heterocycles. The highest BCUT2D eigenvalue weighted by molar-refractivity contribution is 5.74. The number of benzene rings is 1. The van der Waals surface area contributed by atoms with Gasteiger partial charge in [-0.3, -0.25) is 9.48 Å². The number of nitrogens with one attached hydrogen (secondary N) is 2. The summed E-state index contributed by atoms with van der Waals surface area (Å²) in [5.41, 5.74) is 2.49. The number of alkyl halides is 1. The van der Waals surface area contributed by atoms with Crippen molar-refractivity contribution in [2.75, 3.05) is 0 Å². The Morgan fingerprint density at radius 1 is 1.25 bits per heavy atom. The lowest BCUT2D eigenvalue weighted by atomic mass is 9.79. The number of rotatable bonds is 2. The Balaban J connectivity index is 1.77. The molecule has 1 aliphatic carbocycles. The lowest BCUT2D eigenvalue weighted by Crippen LogP contribution is -2.39. The minimum atomic E-state index is -1.27. The summed E-state index contributed by atoms with van der Waals surface area (Å²) in [7, 11) is 1.77. The maximum absolute atomic E-state index is 14.3. The summed E-state index contributed by atoms with van der Waals surface area (Å²) in [5, 5.41) is 14.3. The molecule has 3 heterocycles. The molecule has 0 spiro atoms. The second-order valence-electron chi connectivity index (χ2n) is 6.99. The minimum Gasteiger partial charge on any atom is -0.377 e. The van der Waals surface area contributed by atoms with E-state index in [2.05, 4.69) is 25.6 Å². The summed E-state index contributed by atoms with van der Waals surface area (Å²) in [6.07, 6.45) is 1.64. The van der Waals surface area contributed by atoms with Gasteiger partial charge in [0.15, 0.2) is 0 Å². The largest absolute Gasteiger partial charge is 0.377 e. The molecule has 28 heavy (non-hydrogen) atoms. The van der Waals surface area contributed by atoms with Gasteiger partial charge >= 0.3 is 0 Å². The van der Waals surface area contributed by atoms with Crippen LogP contribution in [-0.2, 0) is 13.5 Å². The van der Waals surface area contributed by atoms with Gasteiger partial charge in [0.2, 0.25) is 0 Å². The molecule has 0 radical (unpaired) electrons. The van der Waals surface area contributed by atoms with Crippen LogP contribution in [0.4, 0.5) is 8.78 Å². The molecule has 2 aliphatic rings. The average Bonchev–Trinajstić information content (AvgIpc) is 3.10. The predicted molar refractivity (Wildman–Crippen MR) is 96.6 cm³/mol. The minimum absolute atomic E-state index is 0.00187. The van der Waals surface area contributed by atoms with Crippen LogP contribution in [0.25, 0.3) is 5.70 Å². The number of aromatic amines is 1. The van der Waals surface area contributed by atoms with Gasteiger partial charge in [-0.15, -0.1) is 0 Å². The second-order valence-corrected chi connectivity index (χ2v) is 6.99. The molecule has 7 nitrogen and oxygen atoms in total.